The molecule has 0 aliphatic heterocycles. The van der Waals surface area contributed by atoms with Crippen molar-refractivity contribution in [2.24, 2.45) is 0 Å². The summed E-state index contributed by atoms with van der Waals surface area (Å²) in [6, 6.07) is 28.0. The van der Waals surface area contributed by atoms with E-state index in [0.29, 0.717) is 5.75 Å². The van der Waals surface area contributed by atoms with E-state index in [0.717, 1.165) is 27.6 Å². The Morgan fingerprint density at radius 3 is 1.93 bits per heavy atom. The number of halogens is 1. The highest BCUT2D eigenvalue weighted by atomic mass is 32.2. The molecular formula is C34H36FN3O5S. The van der Waals surface area contributed by atoms with E-state index in [2.05, 4.69) is 5.32 Å². The highest BCUT2D eigenvalue weighted by Gasteiger charge is 2.34. The van der Waals surface area contributed by atoms with E-state index < -0.39 is 34.3 Å². The first-order chi connectivity index (χ1) is 21.1. The van der Waals surface area contributed by atoms with Gasteiger partial charge < -0.3 is 15.0 Å². The van der Waals surface area contributed by atoms with Gasteiger partial charge in [-0.25, -0.2) is 12.8 Å². The molecule has 0 aromatic heterocycles. The summed E-state index contributed by atoms with van der Waals surface area (Å²) in [5.41, 5.74) is 1.70. The predicted octanol–water partition coefficient (Wildman–Crippen LogP) is 5.19. The number of benzene rings is 4. The van der Waals surface area contributed by atoms with Gasteiger partial charge in [-0.2, -0.15) is 0 Å². The van der Waals surface area contributed by atoms with Crippen LogP contribution in [-0.2, 0) is 32.6 Å². The first-order valence-corrected chi connectivity index (χ1v) is 15.6. The SMILES string of the molecule is COc1ccc(S(=O)(=O)N(CC(=O)N(Cc2ccccc2)[C@@H](Cc2ccccc2)C(=O)NC(C)C)c2ccc(F)cc2)cc1. The van der Waals surface area contributed by atoms with Gasteiger partial charge in [0.2, 0.25) is 11.8 Å². The van der Waals surface area contributed by atoms with Crippen LogP contribution in [0.2, 0.25) is 0 Å². The van der Waals surface area contributed by atoms with Gasteiger partial charge in [0.05, 0.1) is 17.7 Å². The van der Waals surface area contributed by atoms with Crippen LogP contribution in [0.3, 0.4) is 0 Å². The smallest absolute Gasteiger partial charge is 0.264 e. The minimum Gasteiger partial charge on any atom is -0.497 e. The molecule has 10 heteroatoms. The number of anilines is 1. The molecule has 4 aromatic carbocycles. The van der Waals surface area contributed by atoms with Gasteiger partial charge in [-0.3, -0.25) is 13.9 Å². The molecule has 0 heterocycles. The number of hydrogen-bond acceptors (Lipinski definition) is 5. The molecule has 230 valence electrons. The molecule has 2 amide bonds. The lowest BCUT2D eigenvalue weighted by Gasteiger charge is -2.34. The maximum absolute atomic E-state index is 14.3. The molecule has 0 unspecified atom stereocenters. The summed E-state index contributed by atoms with van der Waals surface area (Å²) in [5, 5.41) is 2.92. The van der Waals surface area contributed by atoms with Crippen molar-refractivity contribution in [3.63, 3.8) is 0 Å². The van der Waals surface area contributed by atoms with Gasteiger partial charge in [-0.15, -0.1) is 0 Å². The molecule has 4 aromatic rings. The molecule has 0 saturated carbocycles. The van der Waals surface area contributed by atoms with Crippen LogP contribution in [0.15, 0.2) is 114 Å². The second-order valence-electron chi connectivity index (χ2n) is 10.5. The Morgan fingerprint density at radius 2 is 1.39 bits per heavy atom. The molecule has 0 radical (unpaired) electrons. The molecule has 0 spiro atoms. The summed E-state index contributed by atoms with van der Waals surface area (Å²) in [4.78, 5) is 29.4. The zero-order valence-electron chi connectivity index (χ0n) is 24.9. The van der Waals surface area contributed by atoms with Crippen LogP contribution in [0.5, 0.6) is 5.75 Å². The van der Waals surface area contributed by atoms with Crippen LogP contribution in [0.25, 0.3) is 0 Å². The Balaban J connectivity index is 1.78. The van der Waals surface area contributed by atoms with E-state index in [9.17, 15) is 22.4 Å². The number of carbonyl (C=O) groups excluding carboxylic acids is 2. The number of nitrogens with zero attached hydrogens (tertiary/aromatic N) is 2. The van der Waals surface area contributed by atoms with Crippen molar-refractivity contribution in [3.05, 3.63) is 126 Å². The Morgan fingerprint density at radius 1 is 0.818 bits per heavy atom. The fraction of sp³-hybridized carbons (Fsp3) is 0.235. The maximum Gasteiger partial charge on any atom is 0.264 e. The lowest BCUT2D eigenvalue weighted by molar-refractivity contribution is -0.140. The molecule has 8 nitrogen and oxygen atoms in total. The third kappa shape index (κ3) is 8.23. The van der Waals surface area contributed by atoms with Crippen LogP contribution in [-0.4, -0.2) is 50.9 Å². The minimum absolute atomic E-state index is 0.0581. The van der Waals surface area contributed by atoms with Crippen LogP contribution in [0.4, 0.5) is 10.1 Å². The van der Waals surface area contributed by atoms with Crippen molar-refractivity contribution >= 4 is 27.5 Å². The third-order valence-corrected chi connectivity index (χ3v) is 8.73. The Hall–Kier alpha value is -4.70. The molecule has 44 heavy (non-hydrogen) atoms. The van der Waals surface area contributed by atoms with Crippen LogP contribution in [0, 0.1) is 5.82 Å². The highest BCUT2D eigenvalue weighted by molar-refractivity contribution is 7.92. The van der Waals surface area contributed by atoms with Crippen molar-refractivity contribution in [1.82, 2.24) is 10.2 Å². The van der Waals surface area contributed by atoms with Gasteiger partial charge in [-0.1, -0.05) is 60.7 Å². The first-order valence-electron chi connectivity index (χ1n) is 14.2. The molecule has 0 aliphatic carbocycles. The summed E-state index contributed by atoms with van der Waals surface area (Å²) in [7, 11) is -2.84. The maximum atomic E-state index is 14.3. The van der Waals surface area contributed by atoms with Crippen molar-refractivity contribution < 1.29 is 27.1 Å². The number of nitrogens with one attached hydrogen (secondary N) is 1. The second-order valence-corrected chi connectivity index (χ2v) is 12.4. The zero-order valence-corrected chi connectivity index (χ0v) is 25.7. The third-order valence-electron chi connectivity index (χ3n) is 6.94. The zero-order chi connectivity index (χ0) is 31.7. The van der Waals surface area contributed by atoms with Gasteiger partial charge in [-0.05, 0) is 73.5 Å². The number of sulfonamides is 1. The summed E-state index contributed by atoms with van der Waals surface area (Å²) in [6.45, 7) is 3.09. The van der Waals surface area contributed by atoms with E-state index in [-0.39, 0.29) is 35.5 Å². The minimum atomic E-state index is -4.31. The average Bonchev–Trinajstić information content (AvgIpc) is 3.02. The van der Waals surface area contributed by atoms with Crippen molar-refractivity contribution in [1.29, 1.82) is 0 Å². The molecule has 0 fully saturated rings. The van der Waals surface area contributed by atoms with E-state index >= 15 is 0 Å². The van der Waals surface area contributed by atoms with Gasteiger partial charge in [0.25, 0.3) is 10.0 Å². The Bertz CT molecular complexity index is 1630. The quantitative estimate of drug-likeness (QED) is 0.223. The molecule has 4 rings (SSSR count). The number of rotatable bonds is 13. The Kier molecular flexibility index (Phi) is 10.7. The number of amides is 2. The largest absolute Gasteiger partial charge is 0.497 e. The lowest BCUT2D eigenvalue weighted by atomic mass is 10.0. The predicted molar refractivity (Wildman–Crippen MR) is 168 cm³/mol. The van der Waals surface area contributed by atoms with E-state index in [4.69, 9.17) is 4.74 Å². The van der Waals surface area contributed by atoms with Crippen molar-refractivity contribution in [2.45, 2.75) is 43.8 Å². The fourth-order valence-corrected chi connectivity index (χ4v) is 6.14. The van der Waals surface area contributed by atoms with E-state index in [1.165, 1.54) is 48.4 Å². The number of hydrogen-bond donors (Lipinski definition) is 1. The van der Waals surface area contributed by atoms with Gasteiger partial charge in [0.15, 0.2) is 0 Å². The summed E-state index contributed by atoms with van der Waals surface area (Å²) >= 11 is 0. The van der Waals surface area contributed by atoms with E-state index in [1.54, 1.807) is 0 Å². The van der Waals surface area contributed by atoms with Gasteiger partial charge in [0.1, 0.15) is 24.2 Å². The Labute approximate surface area is 258 Å². The van der Waals surface area contributed by atoms with Gasteiger partial charge >= 0.3 is 0 Å². The average molecular weight is 618 g/mol. The molecular weight excluding hydrogens is 581 g/mol. The normalized spacial score (nSPS) is 11.9. The van der Waals surface area contributed by atoms with Gasteiger partial charge in [0, 0.05) is 19.0 Å². The highest BCUT2D eigenvalue weighted by Crippen LogP contribution is 2.26. The van der Waals surface area contributed by atoms with Crippen LogP contribution < -0.4 is 14.4 Å². The lowest BCUT2D eigenvalue weighted by Crippen LogP contribution is -2.54. The standard InChI is InChI=1S/C34H36FN3O5S/c1-25(2)36-34(40)32(22-26-10-6-4-7-11-26)37(23-27-12-8-5-9-13-27)33(39)24-38(29-16-14-28(35)15-17-29)44(41,42)31-20-18-30(43-3)19-21-31/h4-21,25,32H,22-24H2,1-3H3,(H,36,40)/t32-/m0/s1. The van der Waals surface area contributed by atoms with Crippen molar-refractivity contribution in [3.8, 4) is 5.75 Å². The topological polar surface area (TPSA) is 96.0 Å². The van der Waals surface area contributed by atoms with Crippen LogP contribution >= 0.6 is 0 Å². The van der Waals surface area contributed by atoms with Crippen molar-refractivity contribution in [2.75, 3.05) is 18.0 Å². The summed E-state index contributed by atoms with van der Waals surface area (Å²) in [6.07, 6.45) is 0.208. The summed E-state index contributed by atoms with van der Waals surface area (Å²) < 4.78 is 48.0. The molecule has 1 N–H and O–H groups in total. The fourth-order valence-electron chi connectivity index (χ4n) is 4.73. The second kappa shape index (κ2) is 14.7. The first kappa shape index (κ1) is 32.2. The number of methoxy groups -OCH3 is 1. The molecule has 1 atom stereocenters. The molecule has 0 saturated heterocycles. The number of ether oxygens (including phenoxy) is 1. The molecule has 0 aliphatic rings. The van der Waals surface area contributed by atoms with Crippen LogP contribution in [0.1, 0.15) is 25.0 Å². The number of carbonyl (C=O) groups is 2. The van der Waals surface area contributed by atoms with E-state index in [1.807, 2.05) is 74.5 Å². The molecule has 0 bridgehead atoms. The monoisotopic (exact) mass is 617 g/mol. The summed E-state index contributed by atoms with van der Waals surface area (Å²) in [5.74, 6) is -1.06.